The van der Waals surface area contributed by atoms with Crippen molar-refractivity contribution in [2.24, 2.45) is 0 Å². The van der Waals surface area contributed by atoms with Crippen molar-refractivity contribution in [2.75, 3.05) is 0 Å². The van der Waals surface area contributed by atoms with E-state index >= 15 is 0 Å². The van der Waals surface area contributed by atoms with Gasteiger partial charge in [-0.25, -0.2) is 0 Å². The van der Waals surface area contributed by atoms with E-state index in [9.17, 15) is 1.37 Å². The Morgan fingerprint density at radius 1 is 0.356 bits per heavy atom. The molecule has 0 aliphatic heterocycles. The van der Waals surface area contributed by atoms with Gasteiger partial charge in [-0.2, -0.15) is 0 Å². The van der Waals surface area contributed by atoms with Gasteiger partial charge in [-0.15, -0.1) is 0 Å². The summed E-state index contributed by atoms with van der Waals surface area (Å²) in [6.07, 6.45) is 0. The molecule has 1 heteroatoms. The molecule has 45 heavy (non-hydrogen) atoms. The number of hydrogen-bond donors (Lipinski definition) is 0. The van der Waals surface area contributed by atoms with Gasteiger partial charge in [-0.1, -0.05) is 158 Å². The fourth-order valence-corrected chi connectivity index (χ4v) is 6.68. The first-order valence-electron chi connectivity index (χ1n) is 19.2. The van der Waals surface area contributed by atoms with E-state index in [-0.39, 0.29) is 22.7 Å². The second kappa shape index (κ2) is 10.4. The van der Waals surface area contributed by atoms with E-state index < -0.39 is 48.3 Å². The molecule has 210 valence electrons. The average molecular weight is 582 g/mol. The number of furan rings is 1. The van der Waals surface area contributed by atoms with Gasteiger partial charge in [0.05, 0.1) is 12.3 Å². The van der Waals surface area contributed by atoms with Gasteiger partial charge in [0.2, 0.25) is 0 Å². The predicted molar refractivity (Wildman–Crippen MR) is 190 cm³/mol. The number of rotatable bonds is 4. The summed E-state index contributed by atoms with van der Waals surface area (Å²) >= 11 is 0. The summed E-state index contributed by atoms with van der Waals surface area (Å²) in [6.45, 7) is 0. The maximum absolute atomic E-state index is 9.35. The Labute approximate surface area is 274 Å². The van der Waals surface area contributed by atoms with Crippen LogP contribution in [0.3, 0.4) is 0 Å². The van der Waals surface area contributed by atoms with Gasteiger partial charge >= 0.3 is 0 Å². The lowest BCUT2D eigenvalue weighted by atomic mass is 9.83. The van der Waals surface area contributed by atoms with Crippen molar-refractivity contribution >= 4 is 43.5 Å². The monoisotopic (exact) mass is 581 g/mol. The van der Waals surface area contributed by atoms with E-state index in [1.807, 2.05) is 91.0 Å². The average Bonchev–Trinajstić information content (AvgIpc) is 3.60. The molecule has 0 aliphatic carbocycles. The highest BCUT2D eigenvalue weighted by atomic mass is 16.3. The van der Waals surface area contributed by atoms with E-state index in [2.05, 4.69) is 24.3 Å². The molecule has 9 aromatic rings. The van der Waals surface area contributed by atoms with Crippen LogP contribution in [0.2, 0.25) is 0 Å². The lowest BCUT2D eigenvalue weighted by molar-refractivity contribution is 0.669. The number of fused-ring (bicyclic) bond motifs is 5. The first-order valence-corrected chi connectivity index (χ1v) is 14.7. The fraction of sp³-hybridized carbons (Fsp3) is 0. The molecule has 1 aromatic heterocycles. The Hall–Kier alpha value is -5.92. The molecule has 0 radical (unpaired) electrons. The largest absolute Gasteiger partial charge is 0.456 e. The first-order chi connectivity index (χ1) is 26.1. The van der Waals surface area contributed by atoms with Crippen LogP contribution in [0.25, 0.3) is 88.0 Å². The molecule has 0 spiro atoms. The highest BCUT2D eigenvalue weighted by molar-refractivity contribution is 6.27. The third-order valence-corrected chi connectivity index (χ3v) is 8.50. The third kappa shape index (κ3) is 4.02. The van der Waals surface area contributed by atoms with Crippen molar-refractivity contribution in [1.82, 2.24) is 0 Å². The van der Waals surface area contributed by atoms with Crippen LogP contribution in [0.15, 0.2) is 174 Å². The van der Waals surface area contributed by atoms with Gasteiger partial charge in [-0.3, -0.25) is 0 Å². The van der Waals surface area contributed by atoms with E-state index in [0.29, 0.717) is 21.9 Å². The lowest BCUT2D eigenvalue weighted by Gasteiger charge is -2.20. The van der Waals surface area contributed by atoms with E-state index in [1.54, 1.807) is 0 Å². The maximum atomic E-state index is 9.35. The molecule has 0 saturated carbocycles. The van der Waals surface area contributed by atoms with Crippen LogP contribution in [0.4, 0.5) is 0 Å². The normalized spacial score (nSPS) is 14.4. The summed E-state index contributed by atoms with van der Waals surface area (Å²) in [5.41, 5.74) is 5.40. The molecule has 0 atom stereocenters. The molecule has 0 bridgehead atoms. The highest BCUT2D eigenvalue weighted by Crippen LogP contribution is 2.49. The third-order valence-electron chi connectivity index (χ3n) is 8.50. The zero-order valence-corrected chi connectivity index (χ0v) is 23.9. The van der Waals surface area contributed by atoms with Crippen molar-refractivity contribution < 1.29 is 16.8 Å². The second-order valence-electron chi connectivity index (χ2n) is 10.9. The minimum Gasteiger partial charge on any atom is -0.456 e. The second-order valence-corrected chi connectivity index (χ2v) is 10.9. The Morgan fingerprint density at radius 3 is 1.47 bits per heavy atom. The minimum absolute atomic E-state index is 0.0526. The zero-order chi connectivity index (χ0) is 37.6. The molecule has 0 unspecified atom stereocenters. The molecule has 1 nitrogen and oxygen atoms in total. The highest BCUT2D eigenvalue weighted by Gasteiger charge is 2.22. The number of hydrogen-bond acceptors (Lipinski definition) is 1. The van der Waals surface area contributed by atoms with Gasteiger partial charge in [0.1, 0.15) is 11.2 Å². The Bertz CT molecular complexity index is 2960. The zero-order valence-electron chi connectivity index (χ0n) is 32.9. The molecular formula is C44H28O. The summed E-state index contributed by atoms with van der Waals surface area (Å²) in [6, 6.07) is 32.7. The van der Waals surface area contributed by atoms with Crippen molar-refractivity contribution in [1.29, 1.82) is 0 Å². The molecule has 9 rings (SSSR count). The summed E-state index contributed by atoms with van der Waals surface area (Å²) in [7, 11) is 0. The molecule has 0 saturated heterocycles. The standard InChI is InChI=1S/C44H28O/c1-3-15-29(16-4-1)31-19-7-8-20-33(31)41-34-21-9-11-23-36(34)42(37-24-12-10-22-35(37)41)38-26-14-28-40-44(38)43-32(25-13-27-39(43)45-40)30-17-5-2-6-18-30/h1-28H/i1D,3D,4D,7D,8D,15D,16D,19D,20D. The minimum atomic E-state index is -0.593. The molecule has 1 heterocycles. The van der Waals surface area contributed by atoms with Crippen LogP contribution in [0, 0.1) is 0 Å². The van der Waals surface area contributed by atoms with Crippen LogP contribution < -0.4 is 0 Å². The van der Waals surface area contributed by atoms with Crippen molar-refractivity contribution in [3.8, 4) is 44.5 Å². The maximum Gasteiger partial charge on any atom is 0.136 e. The van der Waals surface area contributed by atoms with Gasteiger partial charge < -0.3 is 4.42 Å². The molecule has 0 amide bonds. The van der Waals surface area contributed by atoms with Gasteiger partial charge in [0.15, 0.2) is 0 Å². The van der Waals surface area contributed by atoms with E-state index in [0.717, 1.165) is 49.4 Å². The van der Waals surface area contributed by atoms with E-state index in [4.69, 9.17) is 15.4 Å². The van der Waals surface area contributed by atoms with Crippen LogP contribution in [0.5, 0.6) is 0 Å². The van der Waals surface area contributed by atoms with Crippen molar-refractivity contribution in [3.63, 3.8) is 0 Å². The summed E-state index contributed by atoms with van der Waals surface area (Å²) in [4.78, 5) is 0. The van der Waals surface area contributed by atoms with Crippen molar-refractivity contribution in [2.45, 2.75) is 0 Å². The van der Waals surface area contributed by atoms with Gasteiger partial charge in [0.25, 0.3) is 0 Å². The van der Waals surface area contributed by atoms with Crippen LogP contribution in [0.1, 0.15) is 12.3 Å². The van der Waals surface area contributed by atoms with Crippen LogP contribution in [-0.4, -0.2) is 0 Å². The quantitative estimate of drug-likeness (QED) is 0.188. The van der Waals surface area contributed by atoms with Crippen LogP contribution in [-0.2, 0) is 0 Å². The van der Waals surface area contributed by atoms with Gasteiger partial charge in [0, 0.05) is 10.8 Å². The Kier molecular flexibility index (Phi) is 4.15. The lowest BCUT2D eigenvalue weighted by Crippen LogP contribution is -1.93. The predicted octanol–water partition coefficient (Wildman–Crippen LogP) is 12.6. The Balaban J connectivity index is 1.47. The topological polar surface area (TPSA) is 13.1 Å². The SMILES string of the molecule is [2H]c1c([2H])c([2H])c(-c2c([2H])c([2H])c([2H])c([2H])c2-c2c3ccccc3c(-c3cccc4oc5cccc(-c6ccccc6)c5c34)c3ccccc23)c([2H])c1[2H]. The van der Waals surface area contributed by atoms with Crippen molar-refractivity contribution in [3.05, 3.63) is 170 Å². The molecule has 8 aromatic carbocycles. The Morgan fingerprint density at radius 2 is 0.844 bits per heavy atom. The number of benzene rings is 8. The smallest absolute Gasteiger partial charge is 0.136 e. The fourth-order valence-electron chi connectivity index (χ4n) is 6.68. The molecular weight excluding hydrogens is 544 g/mol. The molecule has 0 aliphatic rings. The summed E-state index contributed by atoms with van der Waals surface area (Å²) in [5.74, 6) is 0. The summed E-state index contributed by atoms with van der Waals surface area (Å²) in [5, 5.41) is 4.81. The first kappa shape index (κ1) is 18.0. The van der Waals surface area contributed by atoms with Crippen LogP contribution >= 0.6 is 0 Å². The summed E-state index contributed by atoms with van der Waals surface area (Å²) < 4.78 is 85.3. The molecule has 0 fully saturated rings. The molecule has 0 N–H and O–H groups in total. The van der Waals surface area contributed by atoms with E-state index in [1.165, 1.54) is 0 Å². The van der Waals surface area contributed by atoms with Gasteiger partial charge in [-0.05, 0) is 78.2 Å².